The molecule has 1 aromatic carbocycles. The van der Waals surface area contributed by atoms with Crippen LogP contribution in [0, 0.1) is 5.92 Å². The molecule has 0 radical (unpaired) electrons. The van der Waals surface area contributed by atoms with Crippen molar-refractivity contribution in [2.75, 3.05) is 13.1 Å². The minimum atomic E-state index is -3.57. The number of aromatic nitrogens is 2. The van der Waals surface area contributed by atoms with Crippen LogP contribution in [-0.2, 0) is 15.6 Å². The monoisotopic (exact) mass is 349 g/mol. The van der Waals surface area contributed by atoms with Gasteiger partial charge in [0.15, 0.2) is 15.7 Å². The van der Waals surface area contributed by atoms with Gasteiger partial charge < -0.3 is 9.42 Å². The second-order valence-corrected chi connectivity index (χ2v) is 8.05. The molecule has 7 nitrogen and oxygen atoms in total. The Labute approximate surface area is 140 Å². The van der Waals surface area contributed by atoms with E-state index in [4.69, 9.17) is 4.52 Å². The fourth-order valence-electron chi connectivity index (χ4n) is 2.63. The van der Waals surface area contributed by atoms with Crippen molar-refractivity contribution in [3.05, 3.63) is 42.0 Å². The van der Waals surface area contributed by atoms with Gasteiger partial charge in [-0.25, -0.2) is 8.42 Å². The summed E-state index contributed by atoms with van der Waals surface area (Å²) in [6, 6.07) is 8.06. The average molecular weight is 349 g/mol. The van der Waals surface area contributed by atoms with E-state index in [0.717, 1.165) is 12.8 Å². The number of likely N-dealkylation sites (tertiary alicyclic amines) is 1. The van der Waals surface area contributed by atoms with Crippen LogP contribution >= 0.6 is 0 Å². The summed E-state index contributed by atoms with van der Waals surface area (Å²) in [7, 11) is -3.57. The highest BCUT2D eigenvalue weighted by atomic mass is 32.2. The van der Waals surface area contributed by atoms with Crippen LogP contribution in [0.3, 0.4) is 0 Å². The zero-order valence-electron chi connectivity index (χ0n) is 13.4. The highest BCUT2D eigenvalue weighted by Crippen LogP contribution is 2.18. The summed E-state index contributed by atoms with van der Waals surface area (Å²) in [5.41, 5.74) is 0. The lowest BCUT2D eigenvalue weighted by molar-refractivity contribution is 0.0647. The summed E-state index contributed by atoms with van der Waals surface area (Å²) in [4.78, 5) is 18.2. The molecule has 0 atom stereocenters. The maximum Gasteiger partial charge on any atom is 0.316 e. The molecule has 0 unspecified atom stereocenters. The van der Waals surface area contributed by atoms with Gasteiger partial charge in [0, 0.05) is 13.1 Å². The number of piperidine rings is 1. The Balaban J connectivity index is 1.71. The van der Waals surface area contributed by atoms with Crippen molar-refractivity contribution in [3.8, 4) is 0 Å². The topological polar surface area (TPSA) is 93.4 Å². The Morgan fingerprint density at radius 1 is 1.25 bits per heavy atom. The molecule has 3 rings (SSSR count). The zero-order chi connectivity index (χ0) is 17.2. The van der Waals surface area contributed by atoms with E-state index in [0.29, 0.717) is 19.0 Å². The number of sulfone groups is 1. The molecule has 1 aromatic heterocycles. The molecule has 0 saturated carbocycles. The smallest absolute Gasteiger partial charge is 0.316 e. The number of carbonyl (C=O) groups is 1. The van der Waals surface area contributed by atoms with Gasteiger partial charge in [0.2, 0.25) is 0 Å². The third kappa shape index (κ3) is 3.64. The number of hydrogen-bond donors (Lipinski definition) is 0. The molecule has 2 aromatic rings. The first kappa shape index (κ1) is 16.6. The Hall–Kier alpha value is -2.22. The Bertz CT molecular complexity index is 809. The first-order valence-electron chi connectivity index (χ1n) is 7.85. The lowest BCUT2D eigenvalue weighted by atomic mass is 9.99. The first-order valence-corrected chi connectivity index (χ1v) is 9.50. The molecule has 24 heavy (non-hydrogen) atoms. The summed E-state index contributed by atoms with van der Waals surface area (Å²) in [5, 5.41) is 3.64. The van der Waals surface area contributed by atoms with Crippen molar-refractivity contribution in [3.63, 3.8) is 0 Å². The van der Waals surface area contributed by atoms with Crippen LogP contribution in [0.2, 0.25) is 0 Å². The van der Waals surface area contributed by atoms with E-state index < -0.39 is 15.6 Å². The third-order valence-corrected chi connectivity index (χ3v) is 5.77. The van der Waals surface area contributed by atoms with Crippen molar-refractivity contribution >= 4 is 15.7 Å². The lowest BCUT2D eigenvalue weighted by Gasteiger charge is -2.28. The number of carbonyl (C=O) groups excluding carboxylic acids is 1. The molecule has 128 valence electrons. The van der Waals surface area contributed by atoms with Gasteiger partial charge in [0.25, 0.3) is 0 Å². The van der Waals surface area contributed by atoms with E-state index in [1.165, 1.54) is 12.1 Å². The summed E-state index contributed by atoms with van der Waals surface area (Å²) < 4.78 is 29.6. The quantitative estimate of drug-likeness (QED) is 0.837. The van der Waals surface area contributed by atoms with Gasteiger partial charge in [-0.1, -0.05) is 30.3 Å². The van der Waals surface area contributed by atoms with Gasteiger partial charge in [0.1, 0.15) is 5.75 Å². The lowest BCUT2D eigenvalue weighted by Crippen LogP contribution is -2.38. The zero-order valence-corrected chi connectivity index (χ0v) is 14.2. The van der Waals surface area contributed by atoms with Crippen LogP contribution in [-0.4, -0.2) is 42.5 Å². The minimum Gasteiger partial charge on any atom is -0.334 e. The van der Waals surface area contributed by atoms with Gasteiger partial charge >= 0.3 is 11.8 Å². The van der Waals surface area contributed by atoms with Crippen LogP contribution < -0.4 is 0 Å². The molecular formula is C16H19N3O4S. The van der Waals surface area contributed by atoms with Crippen molar-refractivity contribution < 1.29 is 17.7 Å². The molecule has 1 aliphatic rings. The number of hydrogen-bond acceptors (Lipinski definition) is 6. The maximum atomic E-state index is 12.3. The Kier molecular flexibility index (Phi) is 4.66. The van der Waals surface area contributed by atoms with Gasteiger partial charge in [-0.3, -0.25) is 4.79 Å². The predicted molar refractivity (Wildman–Crippen MR) is 85.9 cm³/mol. The predicted octanol–water partition coefficient (Wildman–Crippen LogP) is 1.92. The van der Waals surface area contributed by atoms with E-state index in [9.17, 15) is 13.2 Å². The van der Waals surface area contributed by atoms with Crippen LogP contribution in [0.1, 0.15) is 36.3 Å². The van der Waals surface area contributed by atoms with Crippen molar-refractivity contribution in [2.24, 2.45) is 5.92 Å². The van der Waals surface area contributed by atoms with Crippen molar-refractivity contribution in [2.45, 2.75) is 30.4 Å². The van der Waals surface area contributed by atoms with Crippen LogP contribution in [0.5, 0.6) is 0 Å². The molecular weight excluding hydrogens is 330 g/mol. The molecule has 1 aliphatic heterocycles. The highest BCUT2D eigenvalue weighted by molar-refractivity contribution is 7.90. The normalized spacial score (nSPS) is 16.3. The fourth-order valence-corrected chi connectivity index (χ4v) is 3.82. The number of rotatable bonds is 4. The first-order chi connectivity index (χ1) is 11.5. The van der Waals surface area contributed by atoms with Gasteiger partial charge in [-0.05, 0) is 30.9 Å². The van der Waals surface area contributed by atoms with Crippen LogP contribution in [0.15, 0.2) is 39.8 Å². The second-order valence-electron chi connectivity index (χ2n) is 6.06. The van der Waals surface area contributed by atoms with E-state index in [2.05, 4.69) is 17.1 Å². The molecule has 2 heterocycles. The van der Waals surface area contributed by atoms with Gasteiger partial charge in [0.05, 0.1) is 4.90 Å². The maximum absolute atomic E-state index is 12.3. The number of amides is 1. The molecule has 1 saturated heterocycles. The summed E-state index contributed by atoms with van der Waals surface area (Å²) >= 11 is 0. The Morgan fingerprint density at radius 3 is 2.58 bits per heavy atom. The molecule has 8 heteroatoms. The second kappa shape index (κ2) is 6.72. The summed E-state index contributed by atoms with van der Waals surface area (Å²) in [5.74, 6) is -0.290. The highest BCUT2D eigenvalue weighted by Gasteiger charge is 2.27. The summed E-state index contributed by atoms with van der Waals surface area (Å²) in [6.07, 6.45) is 1.88. The molecule has 1 fully saturated rings. The van der Waals surface area contributed by atoms with Crippen molar-refractivity contribution in [1.82, 2.24) is 15.0 Å². The largest absolute Gasteiger partial charge is 0.334 e. The van der Waals surface area contributed by atoms with E-state index >= 15 is 0 Å². The minimum absolute atomic E-state index is 0.00687. The van der Waals surface area contributed by atoms with E-state index in [-0.39, 0.29) is 22.5 Å². The van der Waals surface area contributed by atoms with E-state index in [1.54, 1.807) is 23.1 Å². The van der Waals surface area contributed by atoms with Crippen LogP contribution in [0.25, 0.3) is 0 Å². The van der Waals surface area contributed by atoms with Gasteiger partial charge in [-0.2, -0.15) is 4.98 Å². The summed E-state index contributed by atoms with van der Waals surface area (Å²) in [6.45, 7) is 3.46. The molecule has 0 N–H and O–H groups in total. The van der Waals surface area contributed by atoms with Gasteiger partial charge in [-0.15, -0.1) is 0 Å². The molecule has 0 bridgehead atoms. The molecule has 0 spiro atoms. The molecule has 0 aliphatic carbocycles. The standard InChI is InChI=1S/C16H19N3O4S/c1-12-7-9-19(10-8-12)16(20)15-17-14(18-23-15)11-24(21,22)13-5-3-2-4-6-13/h2-6,12H,7-11H2,1H3. The number of nitrogens with zero attached hydrogens (tertiary/aromatic N) is 3. The van der Waals surface area contributed by atoms with Crippen LogP contribution in [0.4, 0.5) is 0 Å². The number of benzene rings is 1. The SMILES string of the molecule is CC1CCN(C(=O)c2nc(CS(=O)(=O)c3ccccc3)no2)CC1. The molecule has 1 amide bonds. The average Bonchev–Trinajstić information content (AvgIpc) is 3.03. The Morgan fingerprint density at radius 2 is 1.92 bits per heavy atom. The van der Waals surface area contributed by atoms with E-state index in [1.807, 2.05) is 0 Å². The third-order valence-electron chi connectivity index (χ3n) is 4.14. The fraction of sp³-hybridized carbons (Fsp3) is 0.438. The van der Waals surface area contributed by atoms with Crippen molar-refractivity contribution in [1.29, 1.82) is 0 Å².